The van der Waals surface area contributed by atoms with Crippen molar-refractivity contribution in [2.75, 3.05) is 49.1 Å². The van der Waals surface area contributed by atoms with E-state index in [-0.39, 0.29) is 11.7 Å². The highest BCUT2D eigenvalue weighted by Crippen LogP contribution is 2.41. The van der Waals surface area contributed by atoms with Crippen molar-refractivity contribution >= 4 is 34.5 Å². The molecule has 4 aromatic rings. The first-order chi connectivity index (χ1) is 18.5. The minimum Gasteiger partial charge on any atom is -0.492 e. The van der Waals surface area contributed by atoms with Crippen LogP contribution in [-0.2, 0) is 0 Å². The lowest BCUT2D eigenvalue weighted by Gasteiger charge is -2.37. The highest BCUT2D eigenvalue weighted by molar-refractivity contribution is 6.30. The molecule has 0 radical (unpaired) electrons. The van der Waals surface area contributed by atoms with Gasteiger partial charge in [-0.3, -0.25) is 9.20 Å². The summed E-state index contributed by atoms with van der Waals surface area (Å²) < 4.78 is 20.9. The van der Waals surface area contributed by atoms with E-state index in [0.717, 1.165) is 67.5 Å². The fraction of sp³-hybridized carbons (Fsp3) is 0.310. The number of carbonyl (C=O) groups is 1. The molecular weight excluding hydrogens is 505 g/mol. The van der Waals surface area contributed by atoms with Crippen molar-refractivity contribution in [3.63, 3.8) is 0 Å². The molecule has 0 unspecified atom stereocenters. The summed E-state index contributed by atoms with van der Waals surface area (Å²) in [5.41, 5.74) is 4.34. The molecule has 6 rings (SSSR count). The maximum Gasteiger partial charge on any atom is 0.270 e. The topological polar surface area (TPSA) is 62.1 Å². The van der Waals surface area contributed by atoms with Crippen LogP contribution in [0.4, 0.5) is 15.8 Å². The van der Waals surface area contributed by atoms with Gasteiger partial charge in [0.15, 0.2) is 0 Å². The van der Waals surface area contributed by atoms with Crippen LogP contribution >= 0.6 is 11.6 Å². The molecule has 38 heavy (non-hydrogen) atoms. The summed E-state index contributed by atoms with van der Waals surface area (Å²) >= 11 is 6.17. The van der Waals surface area contributed by atoms with Gasteiger partial charge in [0.2, 0.25) is 0 Å². The number of benzene rings is 2. The zero-order valence-electron chi connectivity index (χ0n) is 20.9. The van der Waals surface area contributed by atoms with Gasteiger partial charge < -0.3 is 19.9 Å². The third-order valence-electron chi connectivity index (χ3n) is 7.12. The Hall–Kier alpha value is -3.78. The van der Waals surface area contributed by atoms with Crippen molar-refractivity contribution in [3.05, 3.63) is 89.1 Å². The molecule has 2 aliphatic rings. The van der Waals surface area contributed by atoms with Crippen LogP contribution in [0.5, 0.6) is 5.75 Å². The van der Waals surface area contributed by atoms with Crippen LogP contribution in [-0.4, -0.2) is 54.6 Å². The summed E-state index contributed by atoms with van der Waals surface area (Å²) in [6.07, 6.45) is 3.85. The molecule has 1 amide bonds. The summed E-state index contributed by atoms with van der Waals surface area (Å²) in [7, 11) is 0. The Morgan fingerprint density at radius 1 is 0.947 bits per heavy atom. The molecule has 1 N–H and O–H groups in total. The molecule has 2 aromatic heterocycles. The smallest absolute Gasteiger partial charge is 0.270 e. The normalized spacial score (nSPS) is 15.6. The Bertz CT molecular complexity index is 1430. The van der Waals surface area contributed by atoms with Gasteiger partial charge in [0, 0.05) is 49.7 Å². The second-order valence-electron chi connectivity index (χ2n) is 9.74. The minimum atomic E-state index is -0.211. The molecule has 9 heteroatoms. The van der Waals surface area contributed by atoms with Crippen molar-refractivity contribution in [2.45, 2.75) is 18.8 Å². The number of amides is 1. The molecule has 2 aromatic carbocycles. The van der Waals surface area contributed by atoms with Crippen LogP contribution in [0.1, 0.15) is 34.9 Å². The standard InChI is InChI=1S/C29H29ClFN5O2/c30-21-3-12-26-33-27(20-1-2-20)28(36(26)19-21)29(37)32-13-18-38-25-10-8-24(9-11-25)35-16-14-34(15-17-35)23-6-4-22(31)5-7-23/h3-12,19-20H,1-2,13-18H2,(H,32,37). The molecule has 0 spiro atoms. The summed E-state index contributed by atoms with van der Waals surface area (Å²) in [6, 6.07) is 18.3. The lowest BCUT2D eigenvalue weighted by molar-refractivity contribution is 0.0940. The highest BCUT2D eigenvalue weighted by Gasteiger charge is 2.32. The number of nitrogens with one attached hydrogen (secondary N) is 1. The number of aromatic nitrogens is 2. The van der Waals surface area contributed by atoms with Gasteiger partial charge in [-0.2, -0.15) is 0 Å². The Balaban J connectivity index is 0.996. The highest BCUT2D eigenvalue weighted by atomic mass is 35.5. The fourth-order valence-corrected chi connectivity index (χ4v) is 5.11. The molecule has 3 heterocycles. The Kier molecular flexibility index (Phi) is 6.81. The van der Waals surface area contributed by atoms with Crippen molar-refractivity contribution in [1.29, 1.82) is 0 Å². The van der Waals surface area contributed by atoms with E-state index in [9.17, 15) is 9.18 Å². The van der Waals surface area contributed by atoms with Gasteiger partial charge >= 0.3 is 0 Å². The number of piperazine rings is 1. The predicted octanol–water partition coefficient (Wildman–Crippen LogP) is 5.14. The van der Waals surface area contributed by atoms with Crippen LogP contribution in [0.2, 0.25) is 5.02 Å². The average Bonchev–Trinajstić information content (AvgIpc) is 3.72. The monoisotopic (exact) mass is 533 g/mol. The maximum absolute atomic E-state index is 13.2. The molecule has 0 bridgehead atoms. The first-order valence-corrected chi connectivity index (χ1v) is 13.4. The van der Waals surface area contributed by atoms with Crippen molar-refractivity contribution in [3.8, 4) is 5.75 Å². The quantitative estimate of drug-likeness (QED) is 0.318. The minimum absolute atomic E-state index is 0.166. The van der Waals surface area contributed by atoms with Gasteiger partial charge in [-0.05, 0) is 73.5 Å². The van der Waals surface area contributed by atoms with E-state index < -0.39 is 0 Å². The third kappa shape index (κ3) is 5.27. The first kappa shape index (κ1) is 24.6. The molecule has 196 valence electrons. The molecule has 0 atom stereocenters. The lowest BCUT2D eigenvalue weighted by atomic mass is 10.2. The number of fused-ring (bicyclic) bond motifs is 1. The van der Waals surface area contributed by atoms with Gasteiger partial charge in [0.25, 0.3) is 5.91 Å². The van der Waals surface area contributed by atoms with E-state index in [1.807, 2.05) is 30.3 Å². The second-order valence-corrected chi connectivity index (χ2v) is 10.2. The summed E-state index contributed by atoms with van der Waals surface area (Å²) in [6.45, 7) is 4.28. The third-order valence-corrected chi connectivity index (χ3v) is 7.34. The Labute approximate surface area is 225 Å². The Morgan fingerprint density at radius 2 is 1.58 bits per heavy atom. The number of hydrogen-bond acceptors (Lipinski definition) is 5. The lowest BCUT2D eigenvalue weighted by Crippen LogP contribution is -2.46. The number of hydrogen-bond donors (Lipinski definition) is 1. The maximum atomic E-state index is 13.2. The number of imidazole rings is 1. The largest absolute Gasteiger partial charge is 0.492 e. The van der Waals surface area contributed by atoms with E-state index in [2.05, 4.69) is 32.2 Å². The number of nitrogens with zero attached hydrogens (tertiary/aromatic N) is 4. The van der Waals surface area contributed by atoms with Gasteiger partial charge in [-0.1, -0.05) is 11.6 Å². The molecule has 1 aliphatic heterocycles. The van der Waals surface area contributed by atoms with Crippen LogP contribution in [0.25, 0.3) is 5.65 Å². The van der Waals surface area contributed by atoms with Crippen LogP contribution in [0.3, 0.4) is 0 Å². The van der Waals surface area contributed by atoms with Gasteiger partial charge in [-0.25, -0.2) is 9.37 Å². The number of anilines is 2. The van der Waals surface area contributed by atoms with Gasteiger partial charge in [0.05, 0.1) is 17.3 Å². The summed E-state index contributed by atoms with van der Waals surface area (Å²) in [5, 5.41) is 3.54. The average molecular weight is 534 g/mol. The fourth-order valence-electron chi connectivity index (χ4n) is 4.95. The zero-order valence-corrected chi connectivity index (χ0v) is 21.7. The van der Waals surface area contributed by atoms with E-state index in [0.29, 0.717) is 29.8 Å². The van der Waals surface area contributed by atoms with Crippen LogP contribution in [0, 0.1) is 5.82 Å². The number of halogens is 2. The second kappa shape index (κ2) is 10.5. The summed E-state index contributed by atoms with van der Waals surface area (Å²) in [5.74, 6) is 0.723. The molecule has 2 fully saturated rings. The van der Waals surface area contributed by atoms with Gasteiger partial charge in [0.1, 0.15) is 29.5 Å². The number of carbonyl (C=O) groups excluding carboxylic acids is 1. The van der Waals surface area contributed by atoms with Gasteiger partial charge in [-0.15, -0.1) is 0 Å². The van der Waals surface area contributed by atoms with Crippen molar-refractivity contribution in [1.82, 2.24) is 14.7 Å². The summed E-state index contributed by atoms with van der Waals surface area (Å²) in [4.78, 5) is 22.3. The molecule has 1 saturated heterocycles. The molecule has 1 saturated carbocycles. The number of pyridine rings is 1. The van der Waals surface area contributed by atoms with Crippen LogP contribution < -0.4 is 19.9 Å². The molecule has 1 aliphatic carbocycles. The number of ether oxygens (including phenoxy) is 1. The zero-order chi connectivity index (χ0) is 26.1. The van der Waals surface area contributed by atoms with Crippen molar-refractivity contribution in [2.24, 2.45) is 0 Å². The molecular formula is C29H29ClFN5O2. The predicted molar refractivity (Wildman–Crippen MR) is 147 cm³/mol. The first-order valence-electron chi connectivity index (χ1n) is 13.0. The van der Waals surface area contributed by atoms with E-state index in [1.165, 1.54) is 12.1 Å². The van der Waals surface area contributed by atoms with E-state index >= 15 is 0 Å². The van der Waals surface area contributed by atoms with Crippen molar-refractivity contribution < 1.29 is 13.9 Å². The van der Waals surface area contributed by atoms with Crippen LogP contribution in [0.15, 0.2) is 66.9 Å². The van der Waals surface area contributed by atoms with E-state index in [4.69, 9.17) is 16.3 Å². The Morgan fingerprint density at radius 3 is 2.21 bits per heavy atom. The van der Waals surface area contributed by atoms with E-state index in [1.54, 1.807) is 16.7 Å². The SMILES string of the molecule is O=C(NCCOc1ccc(N2CCN(c3ccc(F)cc3)CC2)cc1)c1c(C2CC2)nc2ccc(Cl)cn12. The number of rotatable bonds is 8. The molecule has 7 nitrogen and oxygen atoms in total.